The Morgan fingerprint density at radius 3 is 1.56 bits per heavy atom. The van der Waals surface area contributed by atoms with Gasteiger partial charge in [0.05, 0.1) is 65.0 Å². The maximum Gasteiger partial charge on any atom is 0.498 e. The quantitative estimate of drug-likeness (QED) is 0.0276. The summed E-state index contributed by atoms with van der Waals surface area (Å²) in [6, 6.07) is 14.0. The summed E-state index contributed by atoms with van der Waals surface area (Å²) >= 11 is 5.99. The molecule has 1 unspecified atom stereocenters. The van der Waals surface area contributed by atoms with Gasteiger partial charge in [0.1, 0.15) is 61.3 Å². The first-order chi connectivity index (χ1) is 44.8. The number of fused-ring (bicyclic) bond motifs is 3. The van der Waals surface area contributed by atoms with Crippen LogP contribution in [0.25, 0.3) is 55.6 Å². The van der Waals surface area contributed by atoms with Crippen LogP contribution in [0.5, 0.6) is 0 Å². The van der Waals surface area contributed by atoms with Crippen LogP contribution in [-0.2, 0) is 43.7 Å². The molecule has 0 radical (unpaired) electrons. The molecule has 0 spiro atoms. The Labute approximate surface area is 562 Å². The van der Waals surface area contributed by atoms with E-state index in [0.29, 0.717) is 43.6 Å². The summed E-state index contributed by atoms with van der Waals surface area (Å²) < 4.78 is 37.1. The zero-order chi connectivity index (χ0) is 67.5. The predicted molar refractivity (Wildman–Crippen MR) is 381 cm³/mol. The Bertz CT molecular complexity index is 3860. The van der Waals surface area contributed by atoms with Crippen LogP contribution < -0.4 is 5.46 Å². The molecule has 1 aliphatic heterocycles. The van der Waals surface area contributed by atoms with E-state index in [9.17, 15) is 5.26 Å². The van der Waals surface area contributed by atoms with Crippen molar-refractivity contribution in [3.05, 3.63) is 110 Å². The van der Waals surface area contributed by atoms with E-state index in [-0.39, 0.29) is 24.4 Å². The minimum Gasteiger partial charge on any atom is -0.399 e. The molecule has 94 heavy (non-hydrogen) atoms. The third-order valence-corrected chi connectivity index (χ3v) is 22.8. The lowest BCUT2D eigenvalue weighted by molar-refractivity contribution is 0.00578. The molecule has 0 bridgehead atoms. The Balaban J connectivity index is 0.000000159. The number of H-pyrrole nitrogens is 2. The first-order valence-corrected chi connectivity index (χ1v) is 44.4. The first-order valence-electron chi connectivity index (χ1n) is 32.9. The number of aromatic amines is 2. The second kappa shape index (κ2) is 33.6. The Morgan fingerprint density at radius 1 is 0.628 bits per heavy atom. The maximum absolute atomic E-state index is 9.34. The molecule has 10 heterocycles. The van der Waals surface area contributed by atoms with Crippen LogP contribution in [0, 0.1) is 34.5 Å². The Hall–Kier alpha value is -6.98. The molecular formula is C67H97BClN17O5Si3. The van der Waals surface area contributed by atoms with Gasteiger partial charge in [0.2, 0.25) is 0 Å². The van der Waals surface area contributed by atoms with Crippen molar-refractivity contribution in [3.63, 3.8) is 0 Å². The van der Waals surface area contributed by atoms with E-state index in [1.54, 1.807) is 37.3 Å². The van der Waals surface area contributed by atoms with Gasteiger partial charge in [0.25, 0.3) is 0 Å². The number of rotatable bonds is 22. The third-order valence-electron chi connectivity index (χ3n) is 17.4. The number of halogens is 1. The highest BCUT2D eigenvalue weighted by Crippen LogP contribution is 2.38. The molecule has 0 aromatic carbocycles. The number of nitrogens with one attached hydrogen (secondary N) is 2. The molecule has 12 rings (SSSR count). The number of nitrogens with zero attached hydrogens (tertiary/aromatic N) is 15. The molecule has 2 saturated carbocycles. The average molecular weight is 1350 g/mol. The zero-order valence-electron chi connectivity index (χ0n) is 57.5. The molecule has 1 saturated heterocycles. The van der Waals surface area contributed by atoms with Crippen molar-refractivity contribution in [1.29, 1.82) is 10.5 Å². The largest absolute Gasteiger partial charge is 0.498 e. The summed E-state index contributed by atoms with van der Waals surface area (Å²) in [7, 11) is -3.48. The van der Waals surface area contributed by atoms with E-state index >= 15 is 0 Å². The van der Waals surface area contributed by atoms with E-state index in [0.717, 1.165) is 86.9 Å². The molecule has 9 aromatic heterocycles. The van der Waals surface area contributed by atoms with Crippen LogP contribution in [0.3, 0.4) is 0 Å². The number of ether oxygens (including phenoxy) is 3. The smallest absolute Gasteiger partial charge is 0.399 e. The fraction of sp³-hybridized carbons (Fsp3) is 0.537. The second-order valence-electron chi connectivity index (χ2n) is 29.0. The highest BCUT2D eigenvalue weighted by molar-refractivity contribution is 6.76. The predicted octanol–water partition coefficient (Wildman–Crippen LogP) is 14.7. The molecule has 3 aliphatic rings. The fourth-order valence-electron chi connectivity index (χ4n) is 11.0. The van der Waals surface area contributed by atoms with Crippen molar-refractivity contribution in [1.82, 2.24) is 73.8 Å². The number of nitriles is 2. The standard InChI is InChI=1S/C23H32N6OSi.C15H21N5OSi.C12H18ClN3OSi.C9H15BN2O2.C8H11N/c1-31(2,3)13-12-30-17-28-11-9-20-22(25-16-26-23(20)28)19-14-27-29(15-19)21(8-10-24)18-6-4-5-7-18;1-22(2,3)7-6-21-11-20-5-4-13-14(12-8-18-19-9-12)16-10-17-15(13)20;1-18(2,3)7-6-17-9-16-5-4-10-11(13)14-8-15-12(10)16;1-8(2)9(3,4)14-10(13-8)7-5-11-12-6-7;9-7-3-6-8-4-1-2-5-8/h9,11,14-16,18,21H,4-8,12-13,17H2,1-3H3;4-5,8-10H,6-7,11H2,1-3H3,(H,18,19);4-5,8H,6-7,9H2,1-3H3;5-6H,1-4H3,(H,11,12);3,6,8H,1-2,4-5H2. The molecular weight excluding hydrogens is 1250 g/mol. The van der Waals surface area contributed by atoms with Crippen molar-refractivity contribution in [2.45, 2.75) is 200 Å². The Morgan fingerprint density at radius 2 is 1.10 bits per heavy atom. The first kappa shape index (κ1) is 72.8. The van der Waals surface area contributed by atoms with E-state index in [2.05, 4.69) is 120 Å². The lowest BCUT2D eigenvalue weighted by atomic mass is 9.82. The highest BCUT2D eigenvalue weighted by atomic mass is 35.5. The summed E-state index contributed by atoms with van der Waals surface area (Å²) in [5.74, 6) is 1.25. The van der Waals surface area contributed by atoms with Crippen LogP contribution in [0.4, 0.5) is 0 Å². The van der Waals surface area contributed by atoms with Crippen LogP contribution in [0.1, 0.15) is 91.5 Å². The van der Waals surface area contributed by atoms with Crippen molar-refractivity contribution >= 4 is 81.5 Å². The summed E-state index contributed by atoms with van der Waals surface area (Å²) in [6.45, 7) is 33.2. The molecule has 22 nitrogen and oxygen atoms in total. The number of hydrogen-bond donors (Lipinski definition) is 2. The SMILES string of the molecule is CC1(C)OB(c2cn[nH]c2)OC1(C)C.C[Si](C)(C)CCOCn1ccc2c(-c3cn[nH]c3)ncnc21.C[Si](C)(C)CCOCn1ccc2c(-c3cnn(C(CC#N)C4CCCC4)c3)ncnc21.C[Si](C)(C)CCOCn1ccc2c(Cl)ncnc21.N#CC=CC1CCCC1. The van der Waals surface area contributed by atoms with Crippen LogP contribution in [-0.4, -0.2) is 136 Å². The summed E-state index contributed by atoms with van der Waals surface area (Å²) in [6.07, 6.45) is 35.9. The minimum atomic E-state index is -1.10. The molecule has 9 aromatic rings. The van der Waals surface area contributed by atoms with Crippen LogP contribution in [0.2, 0.25) is 82.2 Å². The van der Waals surface area contributed by atoms with Gasteiger partial charge in [-0.15, -0.1) is 0 Å². The van der Waals surface area contributed by atoms with Crippen molar-refractivity contribution in [2.24, 2.45) is 11.8 Å². The van der Waals surface area contributed by atoms with E-state index in [1.165, 1.54) is 69.8 Å². The van der Waals surface area contributed by atoms with Gasteiger partial charge in [0, 0.05) is 121 Å². The summed E-state index contributed by atoms with van der Waals surface area (Å²) in [5.41, 5.74) is 6.64. The van der Waals surface area contributed by atoms with Gasteiger partial charge in [-0.1, -0.05) is 102 Å². The lowest BCUT2D eigenvalue weighted by Crippen LogP contribution is -2.41. The van der Waals surface area contributed by atoms with Crippen LogP contribution >= 0.6 is 11.6 Å². The number of hydrogen-bond acceptors (Lipinski definition) is 16. The van der Waals surface area contributed by atoms with Gasteiger partial charge < -0.3 is 37.2 Å². The molecule has 1 atom stereocenters. The van der Waals surface area contributed by atoms with Gasteiger partial charge >= 0.3 is 7.12 Å². The summed E-state index contributed by atoms with van der Waals surface area (Å²) in [5, 5.41) is 38.9. The van der Waals surface area contributed by atoms with Crippen LogP contribution in [0.15, 0.2) is 105 Å². The van der Waals surface area contributed by atoms with Crippen molar-refractivity contribution in [3.8, 4) is 34.7 Å². The van der Waals surface area contributed by atoms with Crippen molar-refractivity contribution < 1.29 is 23.5 Å². The van der Waals surface area contributed by atoms with Gasteiger partial charge in [-0.25, -0.2) is 29.9 Å². The number of aromatic nitrogens is 15. The molecule has 27 heteroatoms. The van der Waals surface area contributed by atoms with Gasteiger partial charge in [-0.2, -0.15) is 25.8 Å². The lowest BCUT2D eigenvalue weighted by Gasteiger charge is -2.32. The minimum absolute atomic E-state index is 0.142. The van der Waals surface area contributed by atoms with Gasteiger partial charge in [-0.05, 0) is 102 Å². The van der Waals surface area contributed by atoms with E-state index in [4.69, 9.17) is 40.4 Å². The zero-order valence-corrected chi connectivity index (χ0v) is 61.2. The normalized spacial score (nSPS) is 16.1. The fourth-order valence-corrected chi connectivity index (χ4v) is 13.5. The molecule has 3 fully saturated rings. The third kappa shape index (κ3) is 21.0. The molecule has 0 amide bonds. The van der Waals surface area contributed by atoms with E-state index < -0.39 is 24.2 Å². The molecule has 2 aliphatic carbocycles. The Kier molecular flexibility index (Phi) is 26.0. The second-order valence-corrected chi connectivity index (χ2v) is 46.3. The topological polar surface area (TPSA) is 261 Å². The monoisotopic (exact) mass is 1350 g/mol. The van der Waals surface area contributed by atoms with Gasteiger partial charge in [0.15, 0.2) is 0 Å². The molecule has 502 valence electrons. The highest BCUT2D eigenvalue weighted by Gasteiger charge is 2.52. The van der Waals surface area contributed by atoms with Crippen molar-refractivity contribution in [2.75, 3.05) is 19.8 Å². The molecule has 2 N–H and O–H groups in total. The average Bonchev–Trinajstić information content (AvgIpc) is 1.65. The number of allylic oxidation sites excluding steroid dienone is 2. The maximum atomic E-state index is 9.34. The van der Waals surface area contributed by atoms with E-state index in [1.807, 2.05) is 114 Å². The summed E-state index contributed by atoms with van der Waals surface area (Å²) in [4.78, 5) is 26.0. The van der Waals surface area contributed by atoms with Gasteiger partial charge in [-0.3, -0.25) is 14.9 Å².